The van der Waals surface area contributed by atoms with Crippen LogP contribution in [0.25, 0.3) is 0 Å². The summed E-state index contributed by atoms with van der Waals surface area (Å²) in [4.78, 5) is 28.9. The van der Waals surface area contributed by atoms with Crippen LogP contribution in [0.4, 0.5) is 4.39 Å². The summed E-state index contributed by atoms with van der Waals surface area (Å²) < 4.78 is 17.8. The number of carbonyl (C=O) groups excluding carboxylic acids is 2. The van der Waals surface area contributed by atoms with Crippen molar-refractivity contribution in [3.05, 3.63) is 59.4 Å². The lowest BCUT2D eigenvalue weighted by Crippen LogP contribution is -2.28. The summed E-state index contributed by atoms with van der Waals surface area (Å²) in [7, 11) is 1.19. The maximum atomic E-state index is 13.1. The van der Waals surface area contributed by atoms with Crippen molar-refractivity contribution in [1.82, 2.24) is 0 Å². The number of methoxy groups -OCH3 is 1. The maximum Gasteiger partial charge on any atom is 0.321 e. The van der Waals surface area contributed by atoms with E-state index in [0.29, 0.717) is 10.6 Å². The molecule has 0 heterocycles. The van der Waals surface area contributed by atoms with Crippen molar-refractivity contribution in [2.45, 2.75) is 12.8 Å². The first-order chi connectivity index (χ1) is 10.9. The van der Waals surface area contributed by atoms with Crippen molar-refractivity contribution in [3.63, 3.8) is 0 Å². The average molecular weight is 335 g/mol. The second-order valence-electron chi connectivity index (χ2n) is 4.47. The van der Waals surface area contributed by atoms with Gasteiger partial charge in [-0.3, -0.25) is 9.59 Å². The van der Waals surface area contributed by atoms with Crippen LogP contribution in [0.1, 0.15) is 18.4 Å². The highest BCUT2D eigenvalue weighted by Crippen LogP contribution is 2.21. The van der Waals surface area contributed by atoms with E-state index in [4.69, 9.17) is 4.74 Å². The number of thioether (sulfide) groups is 1. The molecule has 0 radical (unpaired) electrons. The maximum absolute atomic E-state index is 13.1. The molecule has 1 rings (SSSR count). The quantitative estimate of drug-likeness (QED) is 0.435. The Kier molecular flexibility index (Phi) is 7.41. The van der Waals surface area contributed by atoms with Crippen molar-refractivity contribution < 1.29 is 18.7 Å². The first-order valence-corrected chi connectivity index (χ1v) is 7.98. The molecule has 0 saturated carbocycles. The summed E-state index contributed by atoms with van der Waals surface area (Å²) in [6.45, 7) is 5.44. The second-order valence-corrected chi connectivity index (χ2v) is 5.35. The second kappa shape index (κ2) is 9.05. The highest BCUT2D eigenvalue weighted by atomic mass is 32.2. The lowest BCUT2D eigenvalue weighted by atomic mass is 9.92. The van der Waals surface area contributed by atoms with Crippen LogP contribution in [0.15, 0.2) is 53.0 Å². The summed E-state index contributed by atoms with van der Waals surface area (Å²) in [6.07, 6.45) is 4.92. The van der Waals surface area contributed by atoms with E-state index in [9.17, 15) is 14.0 Å². The fraction of sp³-hybridized carbons (Fsp3) is 0.235. The molecule has 1 unspecified atom stereocenters. The molecule has 1 atom stereocenters. The van der Waals surface area contributed by atoms with E-state index in [1.165, 1.54) is 49.2 Å². The summed E-state index contributed by atoms with van der Waals surface area (Å²) in [5, 5.41) is 0.439. The van der Waals surface area contributed by atoms with Crippen LogP contribution >= 0.6 is 11.8 Å². The zero-order chi connectivity index (χ0) is 17.4. The standard InChI is InChI=1S/C17H18FNO3S/c1-5-6-14(19-11(2)23-4)16(20)15(17(21)22-3)12-7-9-13(18)10-8-12/h5-10,15H,2H2,1,3-4H3/b6-5-,19-14+. The molecule has 0 aromatic heterocycles. The summed E-state index contributed by atoms with van der Waals surface area (Å²) in [5.74, 6) is -2.92. The number of ether oxygens (including phenoxy) is 1. The van der Waals surface area contributed by atoms with Crippen molar-refractivity contribution in [3.8, 4) is 0 Å². The van der Waals surface area contributed by atoms with E-state index in [-0.39, 0.29) is 5.71 Å². The predicted molar refractivity (Wildman–Crippen MR) is 91.1 cm³/mol. The van der Waals surface area contributed by atoms with Crippen molar-refractivity contribution in [2.24, 2.45) is 4.99 Å². The van der Waals surface area contributed by atoms with Gasteiger partial charge in [0.05, 0.1) is 12.1 Å². The monoisotopic (exact) mass is 335 g/mol. The highest BCUT2D eigenvalue weighted by Gasteiger charge is 2.31. The van der Waals surface area contributed by atoms with Crippen LogP contribution < -0.4 is 0 Å². The number of halogens is 1. The Labute approximate surface area is 139 Å². The van der Waals surface area contributed by atoms with E-state index < -0.39 is 23.5 Å². The largest absolute Gasteiger partial charge is 0.468 e. The van der Waals surface area contributed by atoms with Gasteiger partial charge in [-0.1, -0.05) is 24.8 Å². The van der Waals surface area contributed by atoms with Crippen molar-refractivity contribution in [2.75, 3.05) is 13.4 Å². The Morgan fingerprint density at radius 3 is 2.43 bits per heavy atom. The number of Topliss-reactive ketones (excluding diaryl/α,β-unsaturated/α-hetero) is 1. The number of aliphatic imine (C=N–C) groups is 1. The average Bonchev–Trinajstić information content (AvgIpc) is 2.55. The van der Waals surface area contributed by atoms with Gasteiger partial charge in [-0.25, -0.2) is 9.38 Å². The summed E-state index contributed by atoms with van der Waals surface area (Å²) in [6, 6.07) is 5.13. The number of nitrogens with zero attached hydrogens (tertiary/aromatic N) is 1. The normalized spacial score (nSPS) is 13.0. The minimum atomic E-state index is -1.20. The molecule has 0 fully saturated rings. The zero-order valence-electron chi connectivity index (χ0n) is 13.2. The molecule has 0 aliphatic carbocycles. The van der Waals surface area contributed by atoms with Crippen LogP contribution in [-0.2, 0) is 14.3 Å². The molecule has 1 aromatic carbocycles. The molecule has 6 heteroatoms. The molecule has 0 spiro atoms. The fourth-order valence-electron chi connectivity index (χ4n) is 1.83. The number of rotatable bonds is 7. The minimum Gasteiger partial charge on any atom is -0.468 e. The van der Waals surface area contributed by atoms with E-state index in [0.717, 1.165) is 0 Å². The Morgan fingerprint density at radius 2 is 1.96 bits per heavy atom. The number of esters is 1. The first-order valence-electron chi connectivity index (χ1n) is 6.76. The Morgan fingerprint density at radius 1 is 1.35 bits per heavy atom. The van der Waals surface area contributed by atoms with Gasteiger partial charge in [-0.05, 0) is 37.0 Å². The number of carbonyl (C=O) groups is 2. The van der Waals surface area contributed by atoms with Crippen LogP contribution in [-0.4, -0.2) is 30.8 Å². The fourth-order valence-corrected chi connectivity index (χ4v) is 2.02. The van der Waals surface area contributed by atoms with Crippen LogP contribution in [0.5, 0.6) is 0 Å². The molecular weight excluding hydrogens is 317 g/mol. The van der Waals surface area contributed by atoms with Crippen LogP contribution in [0.3, 0.4) is 0 Å². The van der Waals surface area contributed by atoms with Gasteiger partial charge in [0.1, 0.15) is 17.4 Å². The number of hydrogen-bond acceptors (Lipinski definition) is 5. The lowest BCUT2D eigenvalue weighted by Gasteiger charge is -2.14. The number of hydrogen-bond donors (Lipinski definition) is 0. The van der Waals surface area contributed by atoms with Gasteiger partial charge in [0.2, 0.25) is 0 Å². The predicted octanol–water partition coefficient (Wildman–Crippen LogP) is 3.50. The third kappa shape index (κ3) is 5.17. The van der Waals surface area contributed by atoms with Gasteiger partial charge in [0.15, 0.2) is 5.78 Å². The smallest absolute Gasteiger partial charge is 0.321 e. The highest BCUT2D eigenvalue weighted by molar-refractivity contribution is 8.02. The van der Waals surface area contributed by atoms with Gasteiger partial charge < -0.3 is 4.74 Å². The number of ketones is 1. The molecule has 0 amide bonds. The Balaban J connectivity index is 3.32. The molecule has 122 valence electrons. The molecule has 0 saturated heterocycles. The van der Waals surface area contributed by atoms with Crippen molar-refractivity contribution >= 4 is 29.2 Å². The molecule has 0 aliphatic rings. The third-order valence-corrected chi connectivity index (χ3v) is 3.52. The Bertz CT molecular complexity index is 650. The van der Waals surface area contributed by atoms with Crippen LogP contribution in [0, 0.1) is 5.82 Å². The van der Waals surface area contributed by atoms with Crippen LogP contribution in [0.2, 0.25) is 0 Å². The zero-order valence-corrected chi connectivity index (χ0v) is 14.0. The van der Waals surface area contributed by atoms with Gasteiger partial charge in [0.25, 0.3) is 0 Å². The van der Waals surface area contributed by atoms with Crippen molar-refractivity contribution in [1.29, 1.82) is 0 Å². The summed E-state index contributed by atoms with van der Waals surface area (Å²) >= 11 is 1.29. The van der Waals surface area contributed by atoms with Gasteiger partial charge in [0, 0.05) is 0 Å². The van der Waals surface area contributed by atoms with E-state index >= 15 is 0 Å². The van der Waals surface area contributed by atoms with E-state index in [1.54, 1.807) is 19.3 Å². The summed E-state index contributed by atoms with van der Waals surface area (Å²) in [5.41, 5.74) is 0.432. The molecular formula is C17H18FNO3S. The van der Waals surface area contributed by atoms with E-state index in [1.807, 2.05) is 0 Å². The lowest BCUT2D eigenvalue weighted by molar-refractivity contribution is -0.144. The van der Waals surface area contributed by atoms with Gasteiger partial charge >= 0.3 is 5.97 Å². The molecule has 1 aromatic rings. The van der Waals surface area contributed by atoms with E-state index in [2.05, 4.69) is 11.6 Å². The van der Waals surface area contributed by atoms with Gasteiger partial charge in [-0.2, -0.15) is 0 Å². The number of allylic oxidation sites excluding steroid dienone is 2. The SMILES string of the molecule is C=C(/N=C(\C=C/C)C(=O)C(C(=O)OC)c1ccc(F)cc1)SC. The molecule has 23 heavy (non-hydrogen) atoms. The molecule has 4 nitrogen and oxygen atoms in total. The minimum absolute atomic E-state index is 0.0894. The molecule has 0 N–H and O–H groups in total. The topological polar surface area (TPSA) is 55.7 Å². The van der Waals surface area contributed by atoms with Gasteiger partial charge in [-0.15, -0.1) is 11.8 Å². The Hall–Kier alpha value is -2.21. The molecule has 0 aliphatic heterocycles. The first kappa shape index (κ1) is 18.8. The molecule has 0 bridgehead atoms. The third-order valence-electron chi connectivity index (χ3n) is 2.96. The number of benzene rings is 1.